The van der Waals surface area contributed by atoms with Crippen molar-refractivity contribution in [3.63, 3.8) is 0 Å². The molecule has 17 nitrogen and oxygen atoms in total. The first-order valence-electron chi connectivity index (χ1n) is 17.5. The van der Waals surface area contributed by atoms with Gasteiger partial charge in [-0.3, -0.25) is 28.6 Å². The molecule has 1 rings (SSSR count). The minimum atomic E-state index is -2.90. The molecule has 2 atom stereocenters. The molecule has 0 radical (unpaired) electrons. The molecule has 1 saturated carbocycles. The number of carbonyl (C=O) groups is 4. The number of ether oxygens (including phenoxy) is 3. The molecule has 1 fully saturated rings. The van der Waals surface area contributed by atoms with Crippen molar-refractivity contribution in [3.05, 3.63) is 0 Å². The van der Waals surface area contributed by atoms with E-state index in [-0.39, 0.29) is 117 Å². The van der Waals surface area contributed by atoms with Crippen LogP contribution >= 0.6 is 18.8 Å². The Kier molecular flexibility index (Phi) is 26.5. The summed E-state index contributed by atoms with van der Waals surface area (Å²) in [6.07, 6.45) is 4.01. The van der Waals surface area contributed by atoms with Crippen LogP contribution in [0.15, 0.2) is 0 Å². The third kappa shape index (κ3) is 22.2. The van der Waals surface area contributed by atoms with Crippen LogP contribution in [0.3, 0.4) is 0 Å². The SMILES string of the molecule is CCP(=O)(S)OC1CCC(C(=O)NCCCCC(C(=O)NCCOCCO)N(CC(=O)NCCOCCO)CC(=O)NCCOCCO)CC1. The van der Waals surface area contributed by atoms with Gasteiger partial charge in [-0.25, -0.2) is 0 Å². The summed E-state index contributed by atoms with van der Waals surface area (Å²) in [5, 5.41) is 37.8. The normalized spacial score (nSPS) is 17.9. The van der Waals surface area contributed by atoms with Crippen molar-refractivity contribution < 1.29 is 57.8 Å². The van der Waals surface area contributed by atoms with Gasteiger partial charge in [0, 0.05) is 38.3 Å². The average molecular weight is 758 g/mol. The number of amides is 4. The summed E-state index contributed by atoms with van der Waals surface area (Å²) in [5.41, 5.74) is 0. The highest BCUT2D eigenvalue weighted by Crippen LogP contribution is 2.53. The topological polar surface area (TPSA) is 234 Å². The maximum atomic E-state index is 13.4. The third-order valence-corrected chi connectivity index (χ3v) is 10.3. The zero-order valence-electron chi connectivity index (χ0n) is 29.4. The first kappa shape index (κ1) is 46.2. The fraction of sp³-hybridized carbons (Fsp3) is 0.871. The lowest BCUT2D eigenvalue weighted by Gasteiger charge is -2.30. The van der Waals surface area contributed by atoms with Crippen molar-refractivity contribution in [2.45, 2.75) is 64.0 Å². The summed E-state index contributed by atoms with van der Waals surface area (Å²) in [6, 6.07) is -0.877. The molecule has 0 saturated heterocycles. The minimum absolute atomic E-state index is 0.0638. The van der Waals surface area contributed by atoms with Crippen LogP contribution in [0, 0.1) is 5.92 Å². The van der Waals surface area contributed by atoms with E-state index in [1.54, 1.807) is 6.92 Å². The maximum Gasteiger partial charge on any atom is 0.254 e. The van der Waals surface area contributed by atoms with E-state index < -0.39 is 30.3 Å². The van der Waals surface area contributed by atoms with E-state index in [2.05, 4.69) is 33.5 Å². The zero-order chi connectivity index (χ0) is 37.0. The molecule has 7 N–H and O–H groups in total. The quantitative estimate of drug-likeness (QED) is 0.0251. The summed E-state index contributed by atoms with van der Waals surface area (Å²) in [5.74, 6) is -1.50. The molecule has 19 heteroatoms. The Morgan fingerprint density at radius 3 is 1.72 bits per heavy atom. The Bertz CT molecular complexity index is 981. The fourth-order valence-electron chi connectivity index (χ4n) is 5.18. The van der Waals surface area contributed by atoms with Crippen molar-refractivity contribution in [2.24, 2.45) is 5.92 Å². The van der Waals surface area contributed by atoms with Gasteiger partial charge in [0.05, 0.1) is 84.7 Å². The molecule has 1 aliphatic carbocycles. The highest BCUT2D eigenvalue weighted by Gasteiger charge is 2.31. The Morgan fingerprint density at radius 1 is 0.740 bits per heavy atom. The number of aliphatic hydroxyl groups excluding tert-OH is 3. The van der Waals surface area contributed by atoms with Gasteiger partial charge in [-0.15, -0.1) is 0 Å². The summed E-state index contributed by atoms with van der Waals surface area (Å²) < 4.78 is 33.4. The lowest BCUT2D eigenvalue weighted by Crippen LogP contribution is -2.54. The molecule has 292 valence electrons. The van der Waals surface area contributed by atoms with Crippen LogP contribution in [-0.4, -0.2) is 161 Å². The number of unbranched alkanes of at least 4 members (excludes halogenated alkanes) is 1. The Balaban J connectivity index is 2.82. The number of carbonyl (C=O) groups excluding carboxylic acids is 4. The zero-order valence-corrected chi connectivity index (χ0v) is 31.1. The van der Waals surface area contributed by atoms with Gasteiger partial charge < -0.3 is 55.3 Å². The van der Waals surface area contributed by atoms with E-state index in [9.17, 15) is 23.7 Å². The third-order valence-electron chi connectivity index (χ3n) is 7.79. The molecule has 4 amide bonds. The molecule has 1 aliphatic rings. The second-order valence-electron chi connectivity index (χ2n) is 11.7. The van der Waals surface area contributed by atoms with E-state index in [0.29, 0.717) is 51.2 Å². The summed E-state index contributed by atoms with van der Waals surface area (Å²) >= 11 is 4.12. The standard InChI is InChI=1S/C31H60N5O12PS/c1-2-49(44,50)48-26-8-6-25(7-9-26)30(42)34-10-4-3-5-27(31(43)35-13-19-47-22-16-39)36(23-28(40)32-11-17-45-20-14-37)24-29(41)33-12-18-46-21-15-38/h25-27,37-39H,2-24H2,1H3,(H,32,40)(H,33,41)(H,34,42)(H,35,43)(H,44,50). The van der Waals surface area contributed by atoms with Gasteiger partial charge in [-0.2, -0.15) is 0 Å². The lowest BCUT2D eigenvalue weighted by molar-refractivity contribution is -0.132. The van der Waals surface area contributed by atoms with Gasteiger partial charge >= 0.3 is 0 Å². The number of thiol groups is 1. The number of rotatable bonds is 30. The van der Waals surface area contributed by atoms with Crippen LogP contribution in [0.4, 0.5) is 0 Å². The van der Waals surface area contributed by atoms with Crippen molar-refractivity contribution in [2.75, 3.05) is 105 Å². The second-order valence-corrected chi connectivity index (χ2v) is 15.7. The smallest absolute Gasteiger partial charge is 0.254 e. The molecule has 0 aliphatic heterocycles. The van der Waals surface area contributed by atoms with Crippen molar-refractivity contribution in [3.8, 4) is 0 Å². The minimum Gasteiger partial charge on any atom is -0.394 e. The maximum absolute atomic E-state index is 13.4. The van der Waals surface area contributed by atoms with Crippen LogP contribution in [0.2, 0.25) is 0 Å². The van der Waals surface area contributed by atoms with Gasteiger partial charge in [0.1, 0.15) is 0 Å². The van der Waals surface area contributed by atoms with E-state index in [1.165, 1.54) is 4.90 Å². The number of nitrogens with zero attached hydrogens (tertiary/aromatic N) is 1. The fourth-order valence-corrected chi connectivity index (χ4v) is 6.41. The van der Waals surface area contributed by atoms with Gasteiger partial charge in [-0.1, -0.05) is 19.2 Å². The van der Waals surface area contributed by atoms with E-state index in [0.717, 1.165) is 0 Å². The van der Waals surface area contributed by atoms with Gasteiger partial charge in [0.15, 0.2) is 0 Å². The predicted molar refractivity (Wildman–Crippen MR) is 189 cm³/mol. The van der Waals surface area contributed by atoms with Gasteiger partial charge in [-0.05, 0) is 44.9 Å². The largest absolute Gasteiger partial charge is 0.394 e. The number of nitrogens with one attached hydrogen (secondary N) is 4. The number of hydrogen-bond acceptors (Lipinski definition) is 13. The van der Waals surface area contributed by atoms with Crippen LogP contribution in [-0.2, 0) is 42.5 Å². The molecule has 0 aromatic rings. The molecular weight excluding hydrogens is 697 g/mol. The number of aliphatic hydroxyl groups is 3. The summed E-state index contributed by atoms with van der Waals surface area (Å²) in [7, 11) is 0. The van der Waals surface area contributed by atoms with Crippen LogP contribution in [0.1, 0.15) is 51.9 Å². The van der Waals surface area contributed by atoms with Crippen molar-refractivity contribution in [1.29, 1.82) is 0 Å². The molecule has 0 aromatic carbocycles. The molecule has 0 heterocycles. The van der Waals surface area contributed by atoms with Crippen LogP contribution < -0.4 is 21.3 Å². The molecular formula is C31H60N5O12PS. The van der Waals surface area contributed by atoms with E-state index in [1.807, 2.05) is 0 Å². The highest BCUT2D eigenvalue weighted by molar-refractivity contribution is 8.46. The second kappa shape index (κ2) is 28.7. The van der Waals surface area contributed by atoms with Gasteiger partial charge in [0.2, 0.25) is 23.6 Å². The highest BCUT2D eigenvalue weighted by atomic mass is 32.7. The molecule has 50 heavy (non-hydrogen) atoms. The Morgan fingerprint density at radius 2 is 1.24 bits per heavy atom. The van der Waals surface area contributed by atoms with E-state index in [4.69, 9.17) is 34.1 Å². The van der Waals surface area contributed by atoms with Crippen molar-refractivity contribution in [1.82, 2.24) is 26.2 Å². The van der Waals surface area contributed by atoms with Crippen LogP contribution in [0.25, 0.3) is 0 Å². The molecule has 2 unspecified atom stereocenters. The van der Waals surface area contributed by atoms with Crippen molar-refractivity contribution >= 4 is 42.4 Å². The lowest BCUT2D eigenvalue weighted by atomic mass is 9.87. The average Bonchev–Trinajstić information content (AvgIpc) is 3.09. The van der Waals surface area contributed by atoms with Crippen LogP contribution in [0.5, 0.6) is 0 Å². The first-order chi connectivity index (χ1) is 24.1. The van der Waals surface area contributed by atoms with Gasteiger partial charge in [0.25, 0.3) is 6.57 Å². The Hall–Kier alpha value is -1.86. The monoisotopic (exact) mass is 757 g/mol. The molecule has 0 spiro atoms. The summed E-state index contributed by atoms with van der Waals surface area (Å²) in [6.45, 7) is -0.361. The Labute approximate surface area is 300 Å². The summed E-state index contributed by atoms with van der Waals surface area (Å²) in [4.78, 5) is 53.5. The first-order valence-corrected chi connectivity index (χ1v) is 20.4. The molecule has 0 aromatic heterocycles. The van der Waals surface area contributed by atoms with E-state index >= 15 is 0 Å². The predicted octanol–water partition coefficient (Wildman–Crippen LogP) is -0.963. The molecule has 0 bridgehead atoms. The number of hydrogen-bond donors (Lipinski definition) is 8.